The SMILES string of the molecule is COc1cc2c(cc1OC)C(CCCN)=NCC2. The zero-order chi connectivity index (χ0) is 13.0. The van der Waals surface area contributed by atoms with Crippen LogP contribution in [0.15, 0.2) is 17.1 Å². The van der Waals surface area contributed by atoms with Crippen molar-refractivity contribution in [3.8, 4) is 11.5 Å². The quantitative estimate of drug-likeness (QED) is 0.864. The molecule has 0 amide bonds. The van der Waals surface area contributed by atoms with Crippen LogP contribution in [0, 0.1) is 0 Å². The van der Waals surface area contributed by atoms with Crippen molar-refractivity contribution in [1.29, 1.82) is 0 Å². The van der Waals surface area contributed by atoms with E-state index in [0.717, 1.165) is 43.0 Å². The topological polar surface area (TPSA) is 56.8 Å². The van der Waals surface area contributed by atoms with Crippen molar-refractivity contribution in [2.75, 3.05) is 27.3 Å². The van der Waals surface area contributed by atoms with Gasteiger partial charge >= 0.3 is 0 Å². The number of rotatable bonds is 5. The van der Waals surface area contributed by atoms with Gasteiger partial charge in [-0.15, -0.1) is 0 Å². The molecule has 0 fully saturated rings. The van der Waals surface area contributed by atoms with Crippen molar-refractivity contribution >= 4 is 5.71 Å². The lowest BCUT2D eigenvalue weighted by Crippen LogP contribution is -2.15. The van der Waals surface area contributed by atoms with Crippen molar-refractivity contribution in [3.05, 3.63) is 23.3 Å². The number of fused-ring (bicyclic) bond motifs is 1. The summed E-state index contributed by atoms with van der Waals surface area (Å²) >= 11 is 0. The third kappa shape index (κ3) is 2.48. The summed E-state index contributed by atoms with van der Waals surface area (Å²) in [5.74, 6) is 1.55. The molecule has 0 aromatic heterocycles. The molecule has 2 N–H and O–H groups in total. The molecule has 1 heterocycles. The maximum atomic E-state index is 5.57. The Morgan fingerprint density at radius 2 is 1.94 bits per heavy atom. The number of hydrogen-bond acceptors (Lipinski definition) is 4. The van der Waals surface area contributed by atoms with E-state index in [1.165, 1.54) is 11.1 Å². The van der Waals surface area contributed by atoms with E-state index < -0.39 is 0 Å². The Bertz CT molecular complexity index is 455. The molecule has 0 aliphatic carbocycles. The predicted molar refractivity (Wildman–Crippen MR) is 72.9 cm³/mol. The Labute approximate surface area is 108 Å². The van der Waals surface area contributed by atoms with Crippen LogP contribution < -0.4 is 15.2 Å². The van der Waals surface area contributed by atoms with Gasteiger partial charge in [-0.1, -0.05) is 0 Å². The van der Waals surface area contributed by atoms with E-state index in [1.807, 2.05) is 6.07 Å². The van der Waals surface area contributed by atoms with E-state index in [2.05, 4.69) is 11.1 Å². The minimum atomic E-state index is 0.696. The number of nitrogens with zero attached hydrogens (tertiary/aromatic N) is 1. The van der Waals surface area contributed by atoms with Crippen LogP contribution in [0.3, 0.4) is 0 Å². The van der Waals surface area contributed by atoms with Crippen LogP contribution in [0.2, 0.25) is 0 Å². The van der Waals surface area contributed by atoms with Crippen molar-refractivity contribution in [1.82, 2.24) is 0 Å². The van der Waals surface area contributed by atoms with Crippen molar-refractivity contribution in [3.63, 3.8) is 0 Å². The van der Waals surface area contributed by atoms with Gasteiger partial charge in [-0.25, -0.2) is 0 Å². The van der Waals surface area contributed by atoms with E-state index >= 15 is 0 Å². The second kappa shape index (κ2) is 5.87. The number of methoxy groups -OCH3 is 2. The van der Waals surface area contributed by atoms with Crippen LogP contribution >= 0.6 is 0 Å². The second-order valence-corrected chi connectivity index (χ2v) is 4.33. The molecule has 0 saturated carbocycles. The van der Waals surface area contributed by atoms with Gasteiger partial charge in [-0.05, 0) is 43.5 Å². The van der Waals surface area contributed by atoms with E-state index in [0.29, 0.717) is 6.54 Å². The van der Waals surface area contributed by atoms with Gasteiger partial charge in [0.05, 0.1) is 14.2 Å². The molecule has 1 aliphatic heterocycles. The molecule has 0 spiro atoms. The normalized spacial score (nSPS) is 13.8. The monoisotopic (exact) mass is 248 g/mol. The fraction of sp³-hybridized carbons (Fsp3) is 0.500. The molecule has 0 unspecified atom stereocenters. The first-order chi connectivity index (χ1) is 8.80. The number of ether oxygens (including phenoxy) is 2. The Hall–Kier alpha value is -1.55. The van der Waals surface area contributed by atoms with Gasteiger partial charge in [0, 0.05) is 17.8 Å². The summed E-state index contributed by atoms with van der Waals surface area (Å²) < 4.78 is 10.7. The molecule has 0 radical (unpaired) electrons. The third-order valence-corrected chi connectivity index (χ3v) is 3.22. The molecule has 4 nitrogen and oxygen atoms in total. The Kier molecular flexibility index (Phi) is 4.20. The highest BCUT2D eigenvalue weighted by atomic mass is 16.5. The molecule has 0 saturated heterocycles. The molecule has 4 heteroatoms. The molecule has 1 aliphatic rings. The van der Waals surface area contributed by atoms with E-state index in [1.54, 1.807) is 14.2 Å². The van der Waals surface area contributed by atoms with Crippen LogP contribution in [-0.2, 0) is 6.42 Å². The third-order valence-electron chi connectivity index (χ3n) is 3.22. The number of aliphatic imine (C=N–C) groups is 1. The summed E-state index contributed by atoms with van der Waals surface area (Å²) in [6.07, 6.45) is 2.85. The standard InChI is InChI=1S/C14H20N2O2/c1-17-13-8-10-5-7-16-12(4-3-6-15)11(10)9-14(13)18-2/h8-9H,3-7,15H2,1-2H3. The Balaban J connectivity index is 2.36. The first-order valence-electron chi connectivity index (χ1n) is 6.28. The molecular formula is C14H20N2O2. The number of benzene rings is 1. The van der Waals surface area contributed by atoms with Gasteiger partial charge in [0.15, 0.2) is 11.5 Å². The average Bonchev–Trinajstić information content (AvgIpc) is 2.43. The lowest BCUT2D eigenvalue weighted by Gasteiger charge is -2.19. The molecule has 2 rings (SSSR count). The van der Waals surface area contributed by atoms with Crippen LogP contribution in [0.5, 0.6) is 11.5 Å². The average molecular weight is 248 g/mol. The summed E-state index contributed by atoms with van der Waals surface area (Å²) in [5, 5.41) is 0. The first kappa shape index (κ1) is 12.9. The molecule has 0 atom stereocenters. The summed E-state index contributed by atoms with van der Waals surface area (Å²) in [4.78, 5) is 4.60. The molecule has 98 valence electrons. The second-order valence-electron chi connectivity index (χ2n) is 4.33. The Morgan fingerprint density at radius 1 is 1.22 bits per heavy atom. The number of nitrogens with two attached hydrogens (primary N) is 1. The number of hydrogen-bond donors (Lipinski definition) is 1. The fourth-order valence-corrected chi connectivity index (χ4v) is 2.28. The van der Waals surface area contributed by atoms with Crippen molar-refractivity contribution < 1.29 is 9.47 Å². The van der Waals surface area contributed by atoms with Gasteiger partial charge < -0.3 is 15.2 Å². The van der Waals surface area contributed by atoms with E-state index in [-0.39, 0.29) is 0 Å². The highest BCUT2D eigenvalue weighted by Gasteiger charge is 2.17. The molecule has 0 bridgehead atoms. The summed E-state index contributed by atoms with van der Waals surface area (Å²) in [7, 11) is 3.32. The van der Waals surface area contributed by atoms with Crippen LogP contribution in [0.4, 0.5) is 0 Å². The van der Waals surface area contributed by atoms with Gasteiger partial charge in [-0.3, -0.25) is 4.99 Å². The van der Waals surface area contributed by atoms with Crippen LogP contribution in [0.1, 0.15) is 24.0 Å². The smallest absolute Gasteiger partial charge is 0.161 e. The maximum Gasteiger partial charge on any atom is 0.161 e. The molecule has 18 heavy (non-hydrogen) atoms. The van der Waals surface area contributed by atoms with Crippen molar-refractivity contribution in [2.45, 2.75) is 19.3 Å². The lowest BCUT2D eigenvalue weighted by atomic mass is 9.94. The first-order valence-corrected chi connectivity index (χ1v) is 6.28. The molecule has 1 aromatic rings. The highest BCUT2D eigenvalue weighted by molar-refractivity contribution is 6.03. The van der Waals surface area contributed by atoms with Gasteiger partial charge in [0.2, 0.25) is 0 Å². The van der Waals surface area contributed by atoms with Gasteiger partial charge in [0.25, 0.3) is 0 Å². The molecule has 1 aromatic carbocycles. The molecular weight excluding hydrogens is 228 g/mol. The fourth-order valence-electron chi connectivity index (χ4n) is 2.28. The summed E-state index contributed by atoms with van der Waals surface area (Å²) in [6.45, 7) is 1.55. The summed E-state index contributed by atoms with van der Waals surface area (Å²) in [5.41, 5.74) is 9.18. The minimum absolute atomic E-state index is 0.696. The van der Waals surface area contributed by atoms with Gasteiger partial charge in [0.1, 0.15) is 0 Å². The zero-order valence-electron chi connectivity index (χ0n) is 11.0. The Morgan fingerprint density at radius 3 is 2.61 bits per heavy atom. The summed E-state index contributed by atoms with van der Waals surface area (Å²) in [6, 6.07) is 4.09. The van der Waals surface area contributed by atoms with E-state index in [9.17, 15) is 0 Å². The minimum Gasteiger partial charge on any atom is -0.493 e. The zero-order valence-corrected chi connectivity index (χ0v) is 11.0. The largest absolute Gasteiger partial charge is 0.493 e. The predicted octanol–water partition coefficient (Wildman–Crippen LogP) is 1.79. The van der Waals surface area contributed by atoms with Crippen LogP contribution in [-0.4, -0.2) is 33.0 Å². The van der Waals surface area contributed by atoms with Crippen LogP contribution in [0.25, 0.3) is 0 Å². The van der Waals surface area contributed by atoms with Gasteiger partial charge in [-0.2, -0.15) is 0 Å². The van der Waals surface area contributed by atoms with E-state index in [4.69, 9.17) is 15.2 Å². The van der Waals surface area contributed by atoms with Crippen molar-refractivity contribution in [2.24, 2.45) is 10.7 Å². The highest BCUT2D eigenvalue weighted by Crippen LogP contribution is 2.33. The maximum absolute atomic E-state index is 5.57. The lowest BCUT2D eigenvalue weighted by molar-refractivity contribution is 0.354.